The van der Waals surface area contributed by atoms with Crippen LogP contribution in [-0.4, -0.2) is 18.0 Å². The summed E-state index contributed by atoms with van der Waals surface area (Å²) in [6.45, 7) is 1.66. The highest BCUT2D eigenvalue weighted by Gasteiger charge is 2.08. The van der Waals surface area contributed by atoms with Crippen molar-refractivity contribution < 1.29 is 14.3 Å². The van der Waals surface area contributed by atoms with Crippen LogP contribution in [0.25, 0.3) is 0 Å². The number of ether oxygens (including phenoxy) is 2. The minimum atomic E-state index is -0.586. The van der Waals surface area contributed by atoms with E-state index in [1.807, 2.05) is 18.2 Å². The van der Waals surface area contributed by atoms with Crippen molar-refractivity contribution in [2.75, 3.05) is 5.75 Å². The Bertz CT molecular complexity index is 287. The zero-order valence-corrected chi connectivity index (χ0v) is 8.74. The first kappa shape index (κ1) is 10.9. The van der Waals surface area contributed by atoms with Gasteiger partial charge in [-0.05, 0) is 12.1 Å². The molecular weight excluding hydrogens is 200 g/mol. The zero-order chi connectivity index (χ0) is 10.4. The van der Waals surface area contributed by atoms with Crippen LogP contribution in [0, 0.1) is 0 Å². The Balaban J connectivity index is 2.41. The zero-order valence-electron chi connectivity index (χ0n) is 7.84. The third-order valence-corrected chi connectivity index (χ3v) is 1.73. The molecule has 76 valence electrons. The van der Waals surface area contributed by atoms with Crippen molar-refractivity contribution in [1.29, 1.82) is 0 Å². The molecule has 4 heteroatoms. The largest absolute Gasteiger partial charge is 0.455 e. The molecule has 0 spiro atoms. The van der Waals surface area contributed by atoms with Gasteiger partial charge in [-0.2, -0.15) is 12.6 Å². The Morgan fingerprint density at radius 3 is 2.64 bits per heavy atom. The van der Waals surface area contributed by atoms with Gasteiger partial charge in [0.1, 0.15) is 5.75 Å². The molecular formula is C10H12O3S. The predicted molar refractivity (Wildman–Crippen MR) is 56.5 cm³/mol. The van der Waals surface area contributed by atoms with E-state index < -0.39 is 12.3 Å². The first-order valence-electron chi connectivity index (χ1n) is 4.24. The molecule has 0 aliphatic heterocycles. The maximum Gasteiger partial charge on any atom is 0.318 e. The van der Waals surface area contributed by atoms with Crippen molar-refractivity contribution in [1.82, 2.24) is 0 Å². The summed E-state index contributed by atoms with van der Waals surface area (Å²) in [6, 6.07) is 9.18. The Kier molecular flexibility index (Phi) is 4.32. The van der Waals surface area contributed by atoms with Gasteiger partial charge in [-0.15, -0.1) is 0 Å². The van der Waals surface area contributed by atoms with Gasteiger partial charge >= 0.3 is 5.97 Å². The predicted octanol–water partition coefficient (Wildman–Crippen LogP) is 1.88. The number of hydrogen-bond acceptors (Lipinski definition) is 4. The molecule has 1 aromatic carbocycles. The molecule has 0 saturated heterocycles. The molecule has 1 rings (SSSR count). The lowest BCUT2D eigenvalue weighted by molar-refractivity contribution is -0.157. The molecule has 0 radical (unpaired) electrons. The molecule has 0 heterocycles. The summed E-state index contributed by atoms with van der Waals surface area (Å²) >= 11 is 3.79. The third kappa shape index (κ3) is 3.70. The van der Waals surface area contributed by atoms with E-state index in [9.17, 15) is 4.79 Å². The number of rotatable bonds is 4. The Morgan fingerprint density at radius 1 is 1.43 bits per heavy atom. The van der Waals surface area contributed by atoms with Crippen LogP contribution in [0.3, 0.4) is 0 Å². The van der Waals surface area contributed by atoms with Crippen LogP contribution in [0.2, 0.25) is 0 Å². The van der Waals surface area contributed by atoms with Crippen LogP contribution in [-0.2, 0) is 9.53 Å². The molecule has 0 saturated carbocycles. The topological polar surface area (TPSA) is 35.5 Å². The van der Waals surface area contributed by atoms with E-state index in [1.54, 1.807) is 19.1 Å². The lowest BCUT2D eigenvalue weighted by atomic mass is 10.3. The standard InChI is InChI=1S/C10H12O3S/c1-8(13-10(11)7-14)12-9-5-3-2-4-6-9/h2-6,8,14H,7H2,1H3. The van der Waals surface area contributed by atoms with E-state index in [-0.39, 0.29) is 5.75 Å². The average molecular weight is 212 g/mol. The van der Waals surface area contributed by atoms with E-state index in [2.05, 4.69) is 12.6 Å². The van der Waals surface area contributed by atoms with Crippen molar-refractivity contribution in [2.45, 2.75) is 13.2 Å². The first-order chi connectivity index (χ1) is 6.72. The minimum Gasteiger partial charge on any atom is -0.455 e. The fourth-order valence-electron chi connectivity index (χ4n) is 0.937. The Hall–Kier alpha value is -1.16. The number of benzene rings is 1. The van der Waals surface area contributed by atoms with E-state index in [0.29, 0.717) is 5.75 Å². The van der Waals surface area contributed by atoms with Gasteiger partial charge in [-0.25, -0.2) is 0 Å². The van der Waals surface area contributed by atoms with Gasteiger partial charge in [-0.3, -0.25) is 4.79 Å². The number of hydrogen-bond donors (Lipinski definition) is 1. The molecule has 1 atom stereocenters. The second-order valence-electron chi connectivity index (χ2n) is 2.65. The van der Waals surface area contributed by atoms with E-state index in [1.165, 1.54) is 0 Å². The maximum absolute atomic E-state index is 10.8. The van der Waals surface area contributed by atoms with Crippen molar-refractivity contribution in [3.05, 3.63) is 30.3 Å². The summed E-state index contributed by atoms with van der Waals surface area (Å²) in [7, 11) is 0. The van der Waals surface area contributed by atoms with E-state index >= 15 is 0 Å². The number of carbonyl (C=O) groups is 1. The van der Waals surface area contributed by atoms with Gasteiger partial charge in [0.2, 0.25) is 6.29 Å². The molecule has 3 nitrogen and oxygen atoms in total. The first-order valence-corrected chi connectivity index (χ1v) is 4.87. The van der Waals surface area contributed by atoms with Crippen molar-refractivity contribution in [3.63, 3.8) is 0 Å². The molecule has 0 fully saturated rings. The van der Waals surface area contributed by atoms with Gasteiger partial charge in [0, 0.05) is 6.92 Å². The second-order valence-corrected chi connectivity index (χ2v) is 2.96. The molecule has 14 heavy (non-hydrogen) atoms. The highest BCUT2D eigenvalue weighted by atomic mass is 32.1. The highest BCUT2D eigenvalue weighted by molar-refractivity contribution is 7.81. The normalized spacial score (nSPS) is 11.9. The van der Waals surface area contributed by atoms with E-state index in [0.717, 1.165) is 0 Å². The third-order valence-electron chi connectivity index (χ3n) is 1.47. The maximum atomic E-state index is 10.8. The second kappa shape index (κ2) is 5.54. The minimum absolute atomic E-state index is 0.0580. The smallest absolute Gasteiger partial charge is 0.318 e. The van der Waals surface area contributed by atoms with Gasteiger partial charge in [0.15, 0.2) is 0 Å². The van der Waals surface area contributed by atoms with Gasteiger partial charge in [-0.1, -0.05) is 18.2 Å². The van der Waals surface area contributed by atoms with Crippen LogP contribution in [0.1, 0.15) is 6.92 Å². The molecule has 1 aromatic rings. The molecule has 0 bridgehead atoms. The molecule has 0 aliphatic rings. The van der Waals surface area contributed by atoms with E-state index in [4.69, 9.17) is 9.47 Å². The summed E-state index contributed by atoms with van der Waals surface area (Å²) in [5.74, 6) is 0.339. The lowest BCUT2D eigenvalue weighted by Crippen LogP contribution is -2.21. The Labute approximate surface area is 88.4 Å². The number of para-hydroxylation sites is 1. The van der Waals surface area contributed by atoms with Gasteiger partial charge in [0.05, 0.1) is 5.75 Å². The summed E-state index contributed by atoms with van der Waals surface area (Å²) in [5, 5.41) is 0. The Morgan fingerprint density at radius 2 is 2.07 bits per heavy atom. The fraction of sp³-hybridized carbons (Fsp3) is 0.300. The van der Waals surface area contributed by atoms with Crippen LogP contribution < -0.4 is 4.74 Å². The lowest BCUT2D eigenvalue weighted by Gasteiger charge is -2.14. The van der Waals surface area contributed by atoms with Crippen molar-refractivity contribution >= 4 is 18.6 Å². The molecule has 1 unspecified atom stereocenters. The molecule has 0 N–H and O–H groups in total. The number of thiol groups is 1. The molecule has 0 aliphatic carbocycles. The average Bonchev–Trinajstić information content (AvgIpc) is 2.19. The summed E-state index contributed by atoms with van der Waals surface area (Å²) in [5.41, 5.74) is 0. The highest BCUT2D eigenvalue weighted by Crippen LogP contribution is 2.11. The molecule has 0 amide bonds. The van der Waals surface area contributed by atoms with Crippen molar-refractivity contribution in [3.8, 4) is 5.75 Å². The summed E-state index contributed by atoms with van der Waals surface area (Å²) in [4.78, 5) is 10.8. The quantitative estimate of drug-likeness (QED) is 0.470. The fourth-order valence-corrected chi connectivity index (χ4v) is 1.01. The van der Waals surface area contributed by atoms with Crippen LogP contribution in [0.15, 0.2) is 30.3 Å². The summed E-state index contributed by atoms with van der Waals surface area (Å²) in [6.07, 6.45) is -0.586. The number of esters is 1. The van der Waals surface area contributed by atoms with Crippen LogP contribution >= 0.6 is 12.6 Å². The molecule has 0 aromatic heterocycles. The van der Waals surface area contributed by atoms with Gasteiger partial charge in [0.25, 0.3) is 0 Å². The number of carbonyl (C=O) groups excluding carboxylic acids is 1. The van der Waals surface area contributed by atoms with Crippen LogP contribution in [0.4, 0.5) is 0 Å². The van der Waals surface area contributed by atoms with Crippen molar-refractivity contribution in [2.24, 2.45) is 0 Å². The monoisotopic (exact) mass is 212 g/mol. The summed E-state index contributed by atoms with van der Waals surface area (Å²) < 4.78 is 10.2. The van der Waals surface area contributed by atoms with Gasteiger partial charge < -0.3 is 9.47 Å². The SMILES string of the molecule is CC(OC(=O)CS)Oc1ccccc1. The van der Waals surface area contributed by atoms with Crippen LogP contribution in [0.5, 0.6) is 5.75 Å².